The van der Waals surface area contributed by atoms with Crippen LogP contribution in [0.3, 0.4) is 0 Å². The summed E-state index contributed by atoms with van der Waals surface area (Å²) >= 11 is 12.4. The van der Waals surface area contributed by atoms with Crippen molar-refractivity contribution in [3.8, 4) is 0 Å². The van der Waals surface area contributed by atoms with E-state index in [2.05, 4.69) is 20.8 Å². The Labute approximate surface area is 211 Å². The van der Waals surface area contributed by atoms with Gasteiger partial charge in [-0.15, -0.1) is 5.10 Å². The molecule has 2 unspecified atom stereocenters. The third kappa shape index (κ3) is 6.98. The standard InChI is InChI=1S/C22H26Cl2N6O5/c1-13(29-9-4-2-3-8-20(29)32)22(35)25-17(11-21(33)34)18(31)12-30-19(26-27-28-30)10-14-15(23)6-5-7-16(14)24/h5-7,13,17H,2-4,8-12H2,1H3,(H,25,35)(H,33,34). The summed E-state index contributed by atoms with van der Waals surface area (Å²) in [5, 5.41) is 24.0. The molecule has 1 fully saturated rings. The van der Waals surface area contributed by atoms with Gasteiger partial charge < -0.3 is 15.3 Å². The highest BCUT2D eigenvalue weighted by molar-refractivity contribution is 6.36. The van der Waals surface area contributed by atoms with Gasteiger partial charge in [-0.25, -0.2) is 4.68 Å². The maximum Gasteiger partial charge on any atom is 0.305 e. The van der Waals surface area contributed by atoms with Crippen LogP contribution in [0, 0.1) is 0 Å². The summed E-state index contributed by atoms with van der Waals surface area (Å²) in [6.45, 7) is 1.62. The second-order valence-electron chi connectivity index (χ2n) is 8.33. The molecule has 0 saturated carbocycles. The van der Waals surface area contributed by atoms with Gasteiger partial charge in [-0.3, -0.25) is 19.2 Å². The monoisotopic (exact) mass is 524 g/mol. The average molecular weight is 525 g/mol. The number of hydrogen-bond acceptors (Lipinski definition) is 7. The Kier molecular flexibility index (Phi) is 9.16. The Bertz CT molecular complexity index is 1090. The van der Waals surface area contributed by atoms with E-state index in [1.54, 1.807) is 25.1 Å². The number of carboxylic acids is 1. The highest BCUT2D eigenvalue weighted by atomic mass is 35.5. The number of aromatic nitrogens is 4. The molecular formula is C22H26Cl2N6O5. The summed E-state index contributed by atoms with van der Waals surface area (Å²) in [5.74, 6) is -2.31. The number of Topliss-reactive ketones (excluding diaryl/α,β-unsaturated/α-hetero) is 1. The predicted molar refractivity (Wildman–Crippen MR) is 126 cm³/mol. The number of carbonyl (C=O) groups is 4. The summed E-state index contributed by atoms with van der Waals surface area (Å²) in [4.78, 5) is 51.1. The molecule has 1 aromatic heterocycles. The van der Waals surface area contributed by atoms with Gasteiger partial charge in [0.25, 0.3) is 0 Å². The van der Waals surface area contributed by atoms with Crippen LogP contribution < -0.4 is 5.32 Å². The molecule has 35 heavy (non-hydrogen) atoms. The van der Waals surface area contributed by atoms with Gasteiger partial charge in [0.05, 0.1) is 12.5 Å². The van der Waals surface area contributed by atoms with E-state index >= 15 is 0 Å². The number of carboxylic acid groups (broad SMARTS) is 1. The smallest absolute Gasteiger partial charge is 0.305 e. The van der Waals surface area contributed by atoms with Gasteiger partial charge >= 0.3 is 5.97 Å². The largest absolute Gasteiger partial charge is 0.481 e. The van der Waals surface area contributed by atoms with E-state index in [0.29, 0.717) is 28.6 Å². The fourth-order valence-electron chi connectivity index (χ4n) is 3.86. The molecule has 188 valence electrons. The molecule has 1 aliphatic rings. The van der Waals surface area contributed by atoms with Crippen molar-refractivity contribution in [2.45, 2.75) is 64.1 Å². The molecule has 2 amide bonds. The highest BCUT2D eigenvalue weighted by Gasteiger charge is 2.31. The third-order valence-electron chi connectivity index (χ3n) is 5.85. The minimum Gasteiger partial charge on any atom is -0.481 e. The van der Waals surface area contributed by atoms with Gasteiger partial charge in [0.1, 0.15) is 12.6 Å². The number of likely N-dealkylation sites (tertiary alicyclic amines) is 1. The Balaban J connectivity index is 1.72. The first-order valence-corrected chi connectivity index (χ1v) is 11.9. The van der Waals surface area contributed by atoms with Gasteiger partial charge in [0.15, 0.2) is 11.6 Å². The van der Waals surface area contributed by atoms with Crippen LogP contribution in [-0.2, 0) is 32.1 Å². The van der Waals surface area contributed by atoms with Crippen molar-refractivity contribution in [3.05, 3.63) is 39.6 Å². The zero-order chi connectivity index (χ0) is 25.5. The number of hydrogen-bond donors (Lipinski definition) is 2. The van der Waals surface area contributed by atoms with Crippen LogP contribution in [0.25, 0.3) is 0 Å². The van der Waals surface area contributed by atoms with Gasteiger partial charge in [-0.1, -0.05) is 35.7 Å². The Morgan fingerprint density at radius 1 is 1.17 bits per heavy atom. The van der Waals surface area contributed by atoms with Crippen LogP contribution in [0.4, 0.5) is 0 Å². The topological polar surface area (TPSA) is 147 Å². The van der Waals surface area contributed by atoms with Crippen LogP contribution in [0.15, 0.2) is 18.2 Å². The molecule has 2 N–H and O–H groups in total. The van der Waals surface area contributed by atoms with Gasteiger partial charge in [-0.2, -0.15) is 0 Å². The van der Waals surface area contributed by atoms with Crippen molar-refractivity contribution in [1.82, 2.24) is 30.4 Å². The second-order valence-corrected chi connectivity index (χ2v) is 9.14. The first-order chi connectivity index (χ1) is 16.7. The summed E-state index contributed by atoms with van der Waals surface area (Å²) in [5.41, 5.74) is 0.575. The number of halogens is 2. The summed E-state index contributed by atoms with van der Waals surface area (Å²) < 4.78 is 1.21. The number of nitrogens with one attached hydrogen (secondary N) is 1. The van der Waals surface area contributed by atoms with Gasteiger partial charge in [-0.05, 0) is 47.9 Å². The number of ketones is 1. The molecule has 0 radical (unpaired) electrons. The van der Waals surface area contributed by atoms with Crippen molar-refractivity contribution >= 4 is 46.8 Å². The van der Waals surface area contributed by atoms with Crippen molar-refractivity contribution in [2.24, 2.45) is 0 Å². The SMILES string of the molecule is CC(C(=O)NC(CC(=O)O)C(=O)Cn1nnnc1Cc1c(Cl)cccc1Cl)N1CCCCCC1=O. The van der Waals surface area contributed by atoms with Crippen LogP contribution in [0.2, 0.25) is 10.0 Å². The van der Waals surface area contributed by atoms with Crippen LogP contribution in [0.1, 0.15) is 50.4 Å². The Morgan fingerprint density at radius 3 is 2.57 bits per heavy atom. The molecule has 1 aliphatic heterocycles. The summed E-state index contributed by atoms with van der Waals surface area (Å²) in [6, 6.07) is 2.86. The normalized spacial score (nSPS) is 15.9. The Morgan fingerprint density at radius 2 is 1.89 bits per heavy atom. The number of rotatable bonds is 10. The first kappa shape index (κ1) is 26.6. The molecule has 1 aromatic carbocycles. The molecule has 2 heterocycles. The van der Waals surface area contributed by atoms with E-state index < -0.39 is 36.2 Å². The second kappa shape index (κ2) is 12.1. The lowest BCUT2D eigenvalue weighted by molar-refractivity contribution is -0.143. The number of benzene rings is 1. The number of aliphatic carboxylic acids is 1. The maximum absolute atomic E-state index is 13.0. The molecule has 13 heteroatoms. The Hall–Kier alpha value is -3.05. The molecule has 11 nitrogen and oxygen atoms in total. The molecule has 0 aliphatic carbocycles. The zero-order valence-electron chi connectivity index (χ0n) is 19.1. The van der Waals surface area contributed by atoms with E-state index in [-0.39, 0.29) is 24.7 Å². The third-order valence-corrected chi connectivity index (χ3v) is 6.56. The number of amides is 2. The lowest BCUT2D eigenvalue weighted by atomic mass is 10.1. The van der Waals surface area contributed by atoms with Crippen molar-refractivity contribution in [1.29, 1.82) is 0 Å². The summed E-state index contributed by atoms with van der Waals surface area (Å²) in [7, 11) is 0. The quantitative estimate of drug-likeness (QED) is 0.478. The minimum atomic E-state index is -1.33. The summed E-state index contributed by atoms with van der Waals surface area (Å²) in [6.07, 6.45) is 2.30. The van der Waals surface area contributed by atoms with Crippen LogP contribution in [-0.4, -0.2) is 72.4 Å². The van der Waals surface area contributed by atoms with Crippen molar-refractivity contribution < 1.29 is 24.3 Å². The number of tetrazole rings is 1. The lowest BCUT2D eigenvalue weighted by Gasteiger charge is -2.28. The number of carbonyl (C=O) groups excluding carboxylic acids is 3. The molecule has 2 aromatic rings. The fraction of sp³-hybridized carbons (Fsp3) is 0.500. The van der Waals surface area contributed by atoms with Crippen molar-refractivity contribution in [3.63, 3.8) is 0 Å². The van der Waals surface area contributed by atoms with E-state index in [4.69, 9.17) is 23.2 Å². The molecule has 1 saturated heterocycles. The van der Waals surface area contributed by atoms with E-state index in [0.717, 1.165) is 19.3 Å². The molecule has 2 atom stereocenters. The number of nitrogens with zero attached hydrogens (tertiary/aromatic N) is 5. The molecule has 0 bridgehead atoms. The first-order valence-electron chi connectivity index (χ1n) is 11.2. The average Bonchev–Trinajstić information content (AvgIpc) is 3.11. The van der Waals surface area contributed by atoms with Gasteiger partial charge in [0.2, 0.25) is 11.8 Å². The lowest BCUT2D eigenvalue weighted by Crippen LogP contribution is -2.53. The van der Waals surface area contributed by atoms with E-state index in [9.17, 15) is 24.3 Å². The van der Waals surface area contributed by atoms with E-state index in [1.165, 1.54) is 9.58 Å². The molecular weight excluding hydrogens is 499 g/mol. The highest BCUT2D eigenvalue weighted by Crippen LogP contribution is 2.26. The predicted octanol–water partition coefficient (Wildman–Crippen LogP) is 1.89. The molecule has 3 rings (SSSR count). The zero-order valence-corrected chi connectivity index (χ0v) is 20.6. The van der Waals surface area contributed by atoms with Crippen LogP contribution in [0.5, 0.6) is 0 Å². The van der Waals surface area contributed by atoms with Crippen LogP contribution >= 0.6 is 23.2 Å². The maximum atomic E-state index is 13.0. The van der Waals surface area contributed by atoms with Gasteiger partial charge in [0, 0.05) is 29.4 Å². The van der Waals surface area contributed by atoms with E-state index in [1.807, 2.05) is 0 Å². The minimum absolute atomic E-state index is 0.136. The molecule has 0 spiro atoms. The fourth-order valence-corrected chi connectivity index (χ4v) is 4.39. The van der Waals surface area contributed by atoms with Crippen molar-refractivity contribution in [2.75, 3.05) is 6.54 Å².